The number of oxazole rings is 1. The fraction of sp³-hybridized carbons (Fsp3) is 0.0417. The summed E-state index contributed by atoms with van der Waals surface area (Å²) in [6.45, 7) is 0. The van der Waals surface area contributed by atoms with Crippen LogP contribution >= 0.6 is 0 Å². The van der Waals surface area contributed by atoms with Crippen LogP contribution in [0, 0.1) is 5.82 Å². The molecule has 0 unspecified atom stereocenters. The van der Waals surface area contributed by atoms with Crippen molar-refractivity contribution in [2.24, 2.45) is 0 Å². The lowest BCUT2D eigenvalue weighted by atomic mass is 10.1. The second-order valence-electron chi connectivity index (χ2n) is 6.97. The highest BCUT2D eigenvalue weighted by Crippen LogP contribution is 2.31. The highest BCUT2D eigenvalue weighted by Gasteiger charge is 2.18. The Balaban J connectivity index is 1.45. The van der Waals surface area contributed by atoms with Crippen LogP contribution in [-0.2, 0) is 0 Å². The summed E-state index contributed by atoms with van der Waals surface area (Å²) in [7, 11) is 1.56. The van der Waals surface area contributed by atoms with E-state index < -0.39 is 0 Å². The number of nitrogens with one attached hydrogen (secondary N) is 1. The Morgan fingerprint density at radius 1 is 1.06 bits per heavy atom. The highest BCUT2D eigenvalue weighted by atomic mass is 19.1. The predicted octanol–water partition coefficient (Wildman–Crippen LogP) is 5.55. The van der Waals surface area contributed by atoms with Crippen LogP contribution in [0.3, 0.4) is 0 Å². The molecule has 1 N–H and O–H groups in total. The monoisotopic (exact) mass is 429 g/mol. The number of halogens is 1. The van der Waals surface area contributed by atoms with Crippen LogP contribution in [-0.4, -0.2) is 23.2 Å². The lowest BCUT2D eigenvalue weighted by Crippen LogP contribution is -2.11. The van der Waals surface area contributed by atoms with Crippen LogP contribution in [0.4, 0.5) is 10.1 Å². The van der Waals surface area contributed by atoms with Gasteiger partial charge < -0.3 is 19.0 Å². The van der Waals surface area contributed by atoms with Gasteiger partial charge in [-0.2, -0.15) is 0 Å². The number of aromatic nitrogens is 2. The summed E-state index contributed by atoms with van der Waals surface area (Å²) in [4.78, 5) is 17.2. The van der Waals surface area contributed by atoms with E-state index in [2.05, 4.69) is 15.5 Å². The Morgan fingerprint density at radius 3 is 2.72 bits per heavy atom. The molecular weight excluding hydrogens is 413 g/mol. The number of carbonyl (C=O) groups excluding carboxylic acids is 1. The molecule has 8 heteroatoms. The van der Waals surface area contributed by atoms with E-state index in [1.54, 1.807) is 61.7 Å². The summed E-state index contributed by atoms with van der Waals surface area (Å²) < 4.78 is 29.3. The first kappa shape index (κ1) is 19.5. The summed E-state index contributed by atoms with van der Waals surface area (Å²) >= 11 is 0. The van der Waals surface area contributed by atoms with Crippen LogP contribution < -0.4 is 10.1 Å². The molecule has 158 valence electrons. The summed E-state index contributed by atoms with van der Waals surface area (Å²) in [5.41, 5.74) is 3.04. The lowest BCUT2D eigenvalue weighted by molar-refractivity contribution is 0.102. The molecule has 3 aromatic carbocycles. The van der Waals surface area contributed by atoms with E-state index in [1.165, 1.54) is 18.4 Å². The largest absolute Gasteiger partial charge is 0.497 e. The average Bonchev–Trinajstić information content (AvgIpc) is 3.46. The molecule has 0 aliphatic carbocycles. The number of hydrogen-bond donors (Lipinski definition) is 1. The first-order valence-corrected chi connectivity index (χ1v) is 9.67. The number of methoxy groups -OCH3 is 1. The first-order chi connectivity index (χ1) is 15.6. The number of ether oxygens (including phenoxy) is 1. The van der Waals surface area contributed by atoms with E-state index in [4.69, 9.17) is 13.7 Å². The van der Waals surface area contributed by atoms with Crippen molar-refractivity contribution in [2.75, 3.05) is 12.4 Å². The number of fused-ring (bicyclic) bond motifs is 1. The Bertz CT molecular complexity index is 1420. The van der Waals surface area contributed by atoms with E-state index in [0.717, 1.165) is 0 Å². The maximum Gasteiger partial charge on any atom is 0.255 e. The van der Waals surface area contributed by atoms with Crippen molar-refractivity contribution in [3.63, 3.8) is 0 Å². The molecule has 0 fully saturated rings. The SMILES string of the molecule is COc1cccc(NC(=O)c2ccc3onc(-c4coc(-c5ccc(F)cc5)n4)c3c2)c1. The van der Waals surface area contributed by atoms with Crippen molar-refractivity contribution in [3.8, 4) is 28.6 Å². The Labute approximate surface area is 181 Å². The van der Waals surface area contributed by atoms with Crippen LogP contribution in [0.1, 0.15) is 10.4 Å². The van der Waals surface area contributed by atoms with Gasteiger partial charge in [-0.25, -0.2) is 9.37 Å². The zero-order valence-electron chi connectivity index (χ0n) is 16.8. The molecule has 5 rings (SSSR count). The van der Waals surface area contributed by atoms with Crippen LogP contribution in [0.2, 0.25) is 0 Å². The Kier molecular flexibility index (Phi) is 4.87. The molecular formula is C24H16FN3O4. The number of benzene rings is 3. The molecule has 32 heavy (non-hydrogen) atoms. The van der Waals surface area contributed by atoms with Gasteiger partial charge in [0.05, 0.1) is 12.5 Å². The van der Waals surface area contributed by atoms with Gasteiger partial charge in [-0.15, -0.1) is 0 Å². The quantitative estimate of drug-likeness (QED) is 0.394. The third-order valence-corrected chi connectivity index (χ3v) is 4.90. The summed E-state index contributed by atoms with van der Waals surface area (Å²) in [5.74, 6) is 0.327. The van der Waals surface area contributed by atoms with Crippen LogP contribution in [0.5, 0.6) is 5.75 Å². The molecule has 0 radical (unpaired) electrons. The first-order valence-electron chi connectivity index (χ1n) is 9.67. The molecule has 1 amide bonds. The average molecular weight is 429 g/mol. The van der Waals surface area contributed by atoms with E-state index >= 15 is 0 Å². The number of carbonyl (C=O) groups is 1. The smallest absolute Gasteiger partial charge is 0.255 e. The molecule has 0 atom stereocenters. The molecule has 2 aromatic heterocycles. The zero-order chi connectivity index (χ0) is 22.1. The summed E-state index contributed by atoms with van der Waals surface area (Å²) in [5, 5.41) is 7.55. The van der Waals surface area contributed by atoms with Gasteiger partial charge in [0.2, 0.25) is 5.89 Å². The maximum absolute atomic E-state index is 13.2. The van der Waals surface area contributed by atoms with Crippen molar-refractivity contribution < 1.29 is 22.9 Å². The number of amides is 1. The number of nitrogens with zero attached hydrogens (tertiary/aromatic N) is 2. The van der Waals surface area contributed by atoms with E-state index in [-0.39, 0.29) is 11.7 Å². The molecule has 0 bridgehead atoms. The Hall–Kier alpha value is -4.46. The third kappa shape index (κ3) is 3.69. The van der Waals surface area contributed by atoms with Gasteiger partial charge in [0, 0.05) is 22.9 Å². The minimum Gasteiger partial charge on any atom is -0.497 e. The van der Waals surface area contributed by atoms with Crippen molar-refractivity contribution in [1.29, 1.82) is 0 Å². The third-order valence-electron chi connectivity index (χ3n) is 4.90. The molecule has 0 aliphatic heterocycles. The van der Waals surface area contributed by atoms with Gasteiger partial charge in [-0.3, -0.25) is 4.79 Å². The van der Waals surface area contributed by atoms with Gasteiger partial charge >= 0.3 is 0 Å². The molecule has 5 aromatic rings. The number of hydrogen-bond acceptors (Lipinski definition) is 6. The van der Waals surface area contributed by atoms with E-state index in [9.17, 15) is 9.18 Å². The van der Waals surface area contributed by atoms with Gasteiger partial charge in [0.15, 0.2) is 5.58 Å². The second kappa shape index (κ2) is 7.99. The topological polar surface area (TPSA) is 90.4 Å². The van der Waals surface area contributed by atoms with Gasteiger partial charge in [0.25, 0.3) is 5.91 Å². The Morgan fingerprint density at radius 2 is 1.91 bits per heavy atom. The molecule has 0 saturated heterocycles. The fourth-order valence-corrected chi connectivity index (χ4v) is 3.28. The summed E-state index contributed by atoms with van der Waals surface area (Å²) in [6.07, 6.45) is 1.44. The second-order valence-corrected chi connectivity index (χ2v) is 6.97. The highest BCUT2D eigenvalue weighted by molar-refractivity contribution is 6.07. The molecule has 0 saturated carbocycles. The van der Waals surface area contributed by atoms with Gasteiger partial charge in [0.1, 0.15) is 29.2 Å². The van der Waals surface area contributed by atoms with Crippen molar-refractivity contribution in [2.45, 2.75) is 0 Å². The van der Waals surface area contributed by atoms with Crippen molar-refractivity contribution in [3.05, 3.63) is 84.4 Å². The molecule has 0 aliphatic rings. The lowest BCUT2D eigenvalue weighted by Gasteiger charge is -2.07. The number of anilines is 1. The minimum absolute atomic E-state index is 0.292. The zero-order valence-corrected chi connectivity index (χ0v) is 16.8. The standard InChI is InChI=1S/C24H16FN3O4/c1-30-18-4-2-3-17(12-18)26-23(29)15-7-10-21-19(11-15)22(28-32-21)20-13-31-24(27-20)14-5-8-16(25)9-6-14/h2-13H,1H3,(H,26,29). The molecule has 7 nitrogen and oxygen atoms in total. The normalized spacial score (nSPS) is 10.9. The molecule has 2 heterocycles. The van der Waals surface area contributed by atoms with E-state index in [1.807, 2.05) is 0 Å². The van der Waals surface area contributed by atoms with Crippen molar-refractivity contribution >= 4 is 22.6 Å². The van der Waals surface area contributed by atoms with Gasteiger partial charge in [-0.1, -0.05) is 11.2 Å². The summed E-state index contributed by atoms with van der Waals surface area (Å²) in [6, 6.07) is 17.9. The molecule has 0 spiro atoms. The fourth-order valence-electron chi connectivity index (χ4n) is 3.28. The number of rotatable bonds is 5. The maximum atomic E-state index is 13.2. The van der Waals surface area contributed by atoms with Crippen molar-refractivity contribution in [1.82, 2.24) is 10.1 Å². The van der Waals surface area contributed by atoms with Gasteiger partial charge in [-0.05, 0) is 54.6 Å². The van der Waals surface area contributed by atoms with E-state index in [0.29, 0.717) is 50.8 Å². The predicted molar refractivity (Wildman–Crippen MR) is 116 cm³/mol. The van der Waals surface area contributed by atoms with Crippen LogP contribution in [0.25, 0.3) is 33.8 Å². The van der Waals surface area contributed by atoms with Crippen LogP contribution in [0.15, 0.2) is 81.9 Å². The minimum atomic E-state index is -0.345.